The first-order valence-electron chi connectivity index (χ1n) is 12.1. The van der Waals surface area contributed by atoms with Crippen molar-refractivity contribution in [2.24, 2.45) is 0 Å². The lowest BCUT2D eigenvalue weighted by molar-refractivity contribution is 0.180. The Hall–Kier alpha value is -2.64. The third-order valence-corrected chi connectivity index (χ3v) is 7.92. The van der Waals surface area contributed by atoms with E-state index in [-0.39, 0.29) is 18.0 Å². The normalized spacial score (nSPS) is 16.9. The first kappa shape index (κ1) is 26.0. The molecule has 3 heterocycles. The smallest absolute Gasteiger partial charge is 0.322 e. The van der Waals surface area contributed by atoms with E-state index in [1.165, 1.54) is 12.3 Å². The summed E-state index contributed by atoms with van der Waals surface area (Å²) in [6.07, 6.45) is 7.39. The van der Waals surface area contributed by atoms with Crippen LogP contribution in [0.15, 0.2) is 60.8 Å². The van der Waals surface area contributed by atoms with Crippen molar-refractivity contribution in [3.8, 4) is 0 Å². The van der Waals surface area contributed by atoms with Gasteiger partial charge in [0.2, 0.25) is 5.95 Å². The lowest BCUT2D eigenvalue weighted by Gasteiger charge is -2.39. The van der Waals surface area contributed by atoms with Crippen LogP contribution in [0.2, 0.25) is 15.1 Å². The molecule has 2 aromatic carbocycles. The number of piperidine rings is 1. The van der Waals surface area contributed by atoms with Crippen LogP contribution >= 0.6 is 34.8 Å². The summed E-state index contributed by atoms with van der Waals surface area (Å²) in [6, 6.07) is 14.1. The second kappa shape index (κ2) is 11.0. The number of nitrogens with zero attached hydrogens (tertiary/aromatic N) is 3. The summed E-state index contributed by atoms with van der Waals surface area (Å²) in [5.74, 6) is -0.578. The standard InChI is InChI=1S/C28H26Cl3FN4O/c29-21-5-3-19(4-6-21)2-1-11-35-12-8-28(9-13-35)18-36(24-16-22(30)15-23(31)26(24)28)27(37)34-17-20-7-10-33-25(32)14-20/h1-7,10,14-16H,8-9,11-13,17-18H2,(H,34,37). The summed E-state index contributed by atoms with van der Waals surface area (Å²) in [5, 5.41) is 4.70. The Morgan fingerprint density at radius 1 is 1.05 bits per heavy atom. The predicted molar refractivity (Wildman–Crippen MR) is 148 cm³/mol. The van der Waals surface area contributed by atoms with Gasteiger partial charge in [0.1, 0.15) is 0 Å². The summed E-state index contributed by atoms with van der Waals surface area (Å²) in [6.45, 7) is 3.32. The Morgan fingerprint density at radius 2 is 1.81 bits per heavy atom. The molecule has 2 aliphatic rings. The number of anilines is 1. The molecule has 1 saturated heterocycles. The van der Waals surface area contributed by atoms with Gasteiger partial charge in [-0.15, -0.1) is 0 Å². The van der Waals surface area contributed by atoms with Crippen LogP contribution in [0.4, 0.5) is 14.9 Å². The Labute approximate surface area is 230 Å². The van der Waals surface area contributed by atoms with Gasteiger partial charge in [0.05, 0.1) is 5.69 Å². The number of benzene rings is 2. The maximum absolute atomic E-state index is 13.5. The van der Waals surface area contributed by atoms with Gasteiger partial charge in [-0.2, -0.15) is 4.39 Å². The highest BCUT2D eigenvalue weighted by atomic mass is 35.5. The maximum atomic E-state index is 13.5. The van der Waals surface area contributed by atoms with E-state index in [1.807, 2.05) is 30.3 Å². The zero-order valence-corrected chi connectivity index (χ0v) is 22.3. The van der Waals surface area contributed by atoms with Crippen LogP contribution in [0.3, 0.4) is 0 Å². The van der Waals surface area contributed by atoms with Crippen LogP contribution in [0.5, 0.6) is 0 Å². The Balaban J connectivity index is 1.28. The maximum Gasteiger partial charge on any atom is 0.322 e. The van der Waals surface area contributed by atoms with E-state index >= 15 is 0 Å². The molecule has 2 amide bonds. The number of halogens is 4. The monoisotopic (exact) mass is 558 g/mol. The second-order valence-corrected chi connectivity index (χ2v) is 10.8. The van der Waals surface area contributed by atoms with E-state index in [2.05, 4.69) is 27.4 Å². The molecule has 2 aliphatic heterocycles. The minimum absolute atomic E-state index is 0.194. The number of aromatic nitrogens is 1. The van der Waals surface area contributed by atoms with Crippen LogP contribution in [0, 0.1) is 5.95 Å². The van der Waals surface area contributed by atoms with Gasteiger partial charge >= 0.3 is 6.03 Å². The van der Waals surface area contributed by atoms with Crippen molar-refractivity contribution in [1.82, 2.24) is 15.2 Å². The van der Waals surface area contributed by atoms with Gasteiger partial charge in [0.15, 0.2) is 0 Å². The van der Waals surface area contributed by atoms with Gasteiger partial charge in [-0.25, -0.2) is 9.78 Å². The summed E-state index contributed by atoms with van der Waals surface area (Å²) in [4.78, 5) is 21.0. The van der Waals surface area contributed by atoms with Crippen molar-refractivity contribution in [3.05, 3.63) is 98.5 Å². The van der Waals surface area contributed by atoms with Crippen molar-refractivity contribution < 1.29 is 9.18 Å². The van der Waals surface area contributed by atoms with Gasteiger partial charge in [-0.3, -0.25) is 9.80 Å². The Bertz CT molecular complexity index is 1320. The van der Waals surface area contributed by atoms with Crippen molar-refractivity contribution in [2.75, 3.05) is 31.1 Å². The molecule has 192 valence electrons. The van der Waals surface area contributed by atoms with E-state index in [0.29, 0.717) is 22.2 Å². The number of urea groups is 1. The quantitative estimate of drug-likeness (QED) is 0.344. The number of likely N-dealkylation sites (tertiary alicyclic amines) is 1. The van der Waals surface area contributed by atoms with E-state index < -0.39 is 5.95 Å². The molecule has 9 heteroatoms. The van der Waals surface area contributed by atoms with Crippen molar-refractivity contribution >= 4 is 52.6 Å². The van der Waals surface area contributed by atoms with Gasteiger partial charge in [-0.1, -0.05) is 59.1 Å². The van der Waals surface area contributed by atoms with Gasteiger partial charge in [-0.05, 0) is 73.5 Å². The average Bonchev–Trinajstić information content (AvgIpc) is 3.19. The minimum atomic E-state index is -0.578. The number of rotatable bonds is 5. The number of fused-ring (bicyclic) bond motifs is 2. The molecule has 0 radical (unpaired) electrons. The molecule has 5 rings (SSSR count). The number of hydrogen-bond acceptors (Lipinski definition) is 3. The lowest BCUT2D eigenvalue weighted by Crippen LogP contribution is -2.47. The Kier molecular flexibility index (Phi) is 7.72. The minimum Gasteiger partial charge on any atom is -0.334 e. The fraction of sp³-hybridized carbons (Fsp3) is 0.286. The van der Waals surface area contributed by atoms with Gasteiger partial charge < -0.3 is 5.32 Å². The summed E-state index contributed by atoms with van der Waals surface area (Å²) >= 11 is 19.0. The van der Waals surface area contributed by atoms with Gasteiger partial charge in [0, 0.05) is 51.9 Å². The highest BCUT2D eigenvalue weighted by molar-refractivity contribution is 6.36. The van der Waals surface area contributed by atoms with Crippen LogP contribution in [-0.2, 0) is 12.0 Å². The number of pyridine rings is 1. The molecule has 3 aromatic rings. The van der Waals surface area contributed by atoms with Crippen molar-refractivity contribution in [1.29, 1.82) is 0 Å². The highest BCUT2D eigenvalue weighted by Gasteiger charge is 2.47. The molecule has 0 aliphatic carbocycles. The van der Waals surface area contributed by atoms with Crippen LogP contribution in [0.25, 0.3) is 6.08 Å². The predicted octanol–water partition coefficient (Wildman–Crippen LogP) is 6.96. The Morgan fingerprint density at radius 3 is 2.54 bits per heavy atom. The molecule has 1 N–H and O–H groups in total. The first-order valence-corrected chi connectivity index (χ1v) is 13.3. The molecular formula is C28H26Cl3FN4O. The lowest BCUT2D eigenvalue weighted by atomic mass is 9.74. The number of carbonyl (C=O) groups is 1. The number of nitrogens with one attached hydrogen (secondary N) is 1. The van der Waals surface area contributed by atoms with Gasteiger partial charge in [0.25, 0.3) is 0 Å². The van der Waals surface area contributed by atoms with Crippen LogP contribution in [0.1, 0.15) is 29.5 Å². The molecular weight excluding hydrogens is 534 g/mol. The van der Waals surface area contributed by atoms with E-state index in [0.717, 1.165) is 54.3 Å². The van der Waals surface area contributed by atoms with Crippen LogP contribution in [-0.4, -0.2) is 42.1 Å². The number of carbonyl (C=O) groups excluding carboxylic acids is 1. The molecule has 37 heavy (non-hydrogen) atoms. The molecule has 0 saturated carbocycles. The fourth-order valence-electron chi connectivity index (χ4n) is 5.26. The van der Waals surface area contributed by atoms with E-state index in [4.69, 9.17) is 34.8 Å². The van der Waals surface area contributed by atoms with Crippen molar-refractivity contribution in [3.63, 3.8) is 0 Å². The SMILES string of the molecule is O=C(NCc1ccnc(F)c1)N1CC2(CCN(CC=Cc3ccc(Cl)cc3)CC2)c2c(Cl)cc(Cl)cc21. The third kappa shape index (κ3) is 5.78. The topological polar surface area (TPSA) is 48.5 Å². The summed E-state index contributed by atoms with van der Waals surface area (Å²) in [5.41, 5.74) is 3.24. The van der Waals surface area contributed by atoms with E-state index in [9.17, 15) is 9.18 Å². The first-order chi connectivity index (χ1) is 17.8. The summed E-state index contributed by atoms with van der Waals surface area (Å²) in [7, 11) is 0. The van der Waals surface area contributed by atoms with Crippen LogP contribution < -0.4 is 10.2 Å². The average molecular weight is 560 g/mol. The third-order valence-electron chi connectivity index (χ3n) is 7.15. The molecule has 5 nitrogen and oxygen atoms in total. The molecule has 1 spiro atoms. The zero-order valence-electron chi connectivity index (χ0n) is 20.1. The molecule has 1 aromatic heterocycles. The fourth-order valence-corrected chi connectivity index (χ4v) is 6.06. The molecule has 0 atom stereocenters. The zero-order chi connectivity index (χ0) is 26.0. The number of hydrogen-bond donors (Lipinski definition) is 1. The second-order valence-electron chi connectivity index (χ2n) is 9.55. The largest absolute Gasteiger partial charge is 0.334 e. The molecule has 1 fully saturated rings. The van der Waals surface area contributed by atoms with Crippen molar-refractivity contribution in [2.45, 2.75) is 24.8 Å². The molecule has 0 unspecified atom stereocenters. The summed E-state index contributed by atoms with van der Waals surface area (Å²) < 4.78 is 13.5. The number of amides is 2. The molecule has 0 bridgehead atoms. The highest BCUT2D eigenvalue weighted by Crippen LogP contribution is 2.51. The van der Waals surface area contributed by atoms with E-state index in [1.54, 1.807) is 17.0 Å².